The maximum atomic E-state index is 12.2. The van der Waals surface area contributed by atoms with Crippen LogP contribution in [0.2, 0.25) is 0 Å². The molecule has 0 aliphatic rings. The lowest BCUT2D eigenvalue weighted by atomic mass is 10.2. The van der Waals surface area contributed by atoms with Crippen molar-refractivity contribution in [2.75, 3.05) is 5.75 Å². The number of furan rings is 1. The van der Waals surface area contributed by atoms with Crippen LogP contribution in [0.5, 0.6) is 0 Å². The van der Waals surface area contributed by atoms with Gasteiger partial charge in [-0.3, -0.25) is 30.0 Å². The molecule has 10 heteroatoms. The van der Waals surface area contributed by atoms with Gasteiger partial charge in [0, 0.05) is 23.6 Å². The lowest BCUT2D eigenvalue weighted by Crippen LogP contribution is -2.42. The summed E-state index contributed by atoms with van der Waals surface area (Å²) in [6.45, 7) is 0. The lowest BCUT2D eigenvalue weighted by molar-refractivity contribution is -0.119. The minimum Gasteiger partial charge on any atom is -0.459 e. The van der Waals surface area contributed by atoms with Gasteiger partial charge >= 0.3 is 5.91 Å². The number of carbonyl (C=O) groups excluding carboxylic acids is 2. The second kappa shape index (κ2) is 9.05. The highest BCUT2D eigenvalue weighted by Gasteiger charge is 2.17. The van der Waals surface area contributed by atoms with Gasteiger partial charge in [-0.1, -0.05) is 30.0 Å². The number of benzene rings is 1. The molecule has 9 nitrogen and oxygen atoms in total. The summed E-state index contributed by atoms with van der Waals surface area (Å²) < 4.78 is 6.84. The Labute approximate surface area is 175 Å². The predicted molar refractivity (Wildman–Crippen MR) is 110 cm³/mol. The van der Waals surface area contributed by atoms with E-state index < -0.39 is 11.8 Å². The standard InChI is InChI=1S/C20H16N6O3S/c27-17(22-24-19(28)16-7-4-12-29-16)13-30-20-25-23-18(14-8-10-21-11-9-14)26(20)15-5-2-1-3-6-15/h1-12H,13H2,(H,22,27)(H,24,28). The van der Waals surface area contributed by atoms with Gasteiger partial charge in [-0.2, -0.15) is 0 Å². The zero-order valence-corrected chi connectivity index (χ0v) is 16.4. The van der Waals surface area contributed by atoms with Gasteiger partial charge < -0.3 is 4.42 Å². The van der Waals surface area contributed by atoms with Crippen LogP contribution in [0.15, 0.2) is 82.8 Å². The molecule has 3 aromatic heterocycles. The fourth-order valence-electron chi connectivity index (χ4n) is 2.62. The van der Waals surface area contributed by atoms with Gasteiger partial charge in [0.25, 0.3) is 0 Å². The number of para-hydroxylation sites is 1. The number of hydrogen-bond acceptors (Lipinski definition) is 7. The fourth-order valence-corrected chi connectivity index (χ4v) is 3.38. The first-order valence-corrected chi connectivity index (χ1v) is 9.87. The first-order valence-electron chi connectivity index (χ1n) is 8.89. The van der Waals surface area contributed by atoms with Crippen molar-refractivity contribution in [1.29, 1.82) is 0 Å². The predicted octanol–water partition coefficient (Wildman–Crippen LogP) is 2.48. The molecule has 150 valence electrons. The van der Waals surface area contributed by atoms with Gasteiger partial charge in [0.15, 0.2) is 16.7 Å². The van der Waals surface area contributed by atoms with Crippen LogP contribution in [0.3, 0.4) is 0 Å². The van der Waals surface area contributed by atoms with Crippen molar-refractivity contribution in [3.63, 3.8) is 0 Å². The van der Waals surface area contributed by atoms with Crippen molar-refractivity contribution < 1.29 is 14.0 Å². The summed E-state index contributed by atoms with van der Waals surface area (Å²) >= 11 is 1.20. The van der Waals surface area contributed by atoms with Gasteiger partial charge in [0.05, 0.1) is 12.0 Å². The second-order valence-corrected chi connectivity index (χ2v) is 6.92. The summed E-state index contributed by atoms with van der Waals surface area (Å²) in [5.41, 5.74) is 6.37. The van der Waals surface area contributed by atoms with E-state index in [1.165, 1.54) is 24.1 Å². The second-order valence-electron chi connectivity index (χ2n) is 5.98. The Balaban J connectivity index is 1.48. The highest BCUT2D eigenvalue weighted by atomic mass is 32.2. The van der Waals surface area contributed by atoms with Crippen LogP contribution in [0.25, 0.3) is 17.1 Å². The van der Waals surface area contributed by atoms with Crippen LogP contribution in [-0.2, 0) is 4.79 Å². The first kappa shape index (κ1) is 19.4. The molecular weight excluding hydrogens is 404 g/mol. The van der Waals surface area contributed by atoms with Gasteiger partial charge in [-0.05, 0) is 36.4 Å². The summed E-state index contributed by atoms with van der Waals surface area (Å²) in [5.74, 6) is -0.162. The molecule has 0 bridgehead atoms. The lowest BCUT2D eigenvalue weighted by Gasteiger charge is -2.10. The number of nitrogens with one attached hydrogen (secondary N) is 2. The van der Waals surface area contributed by atoms with Crippen LogP contribution >= 0.6 is 11.8 Å². The molecule has 0 aliphatic heterocycles. The summed E-state index contributed by atoms with van der Waals surface area (Å²) in [6, 6.07) is 16.4. The first-order chi connectivity index (χ1) is 14.7. The number of aromatic nitrogens is 4. The number of hydrogen-bond donors (Lipinski definition) is 2. The minimum absolute atomic E-state index is 0.0275. The van der Waals surface area contributed by atoms with Crippen molar-refractivity contribution in [3.8, 4) is 17.1 Å². The number of pyridine rings is 1. The third-order valence-corrected chi connectivity index (χ3v) is 4.91. The van der Waals surface area contributed by atoms with Crippen molar-refractivity contribution in [2.24, 2.45) is 0 Å². The van der Waals surface area contributed by atoms with E-state index in [0.717, 1.165) is 11.3 Å². The Bertz CT molecular complexity index is 1130. The maximum Gasteiger partial charge on any atom is 0.305 e. The molecule has 0 saturated heterocycles. The van der Waals surface area contributed by atoms with E-state index in [2.05, 4.69) is 26.0 Å². The number of thioether (sulfide) groups is 1. The largest absolute Gasteiger partial charge is 0.459 e. The number of amides is 2. The van der Waals surface area contributed by atoms with Crippen LogP contribution < -0.4 is 10.9 Å². The van der Waals surface area contributed by atoms with Crippen LogP contribution in [0, 0.1) is 0 Å². The Morgan fingerprint density at radius 1 is 0.967 bits per heavy atom. The Morgan fingerprint density at radius 3 is 2.50 bits per heavy atom. The molecule has 1 aromatic carbocycles. The maximum absolute atomic E-state index is 12.2. The highest BCUT2D eigenvalue weighted by Crippen LogP contribution is 2.27. The molecule has 2 amide bonds. The summed E-state index contributed by atoms with van der Waals surface area (Å²) in [4.78, 5) is 28.0. The Hall–Kier alpha value is -3.92. The minimum atomic E-state index is -0.536. The summed E-state index contributed by atoms with van der Waals surface area (Å²) in [5, 5.41) is 9.09. The third-order valence-electron chi connectivity index (χ3n) is 3.98. The molecular formula is C20H16N6O3S. The molecule has 0 fully saturated rings. The van der Waals surface area contributed by atoms with Crippen molar-refractivity contribution in [2.45, 2.75) is 5.16 Å². The molecule has 3 heterocycles. The SMILES string of the molecule is O=C(CSc1nnc(-c2ccncc2)n1-c1ccccc1)NNC(=O)c1ccco1. The smallest absolute Gasteiger partial charge is 0.305 e. The fraction of sp³-hybridized carbons (Fsp3) is 0.0500. The zero-order chi connectivity index (χ0) is 20.8. The highest BCUT2D eigenvalue weighted by molar-refractivity contribution is 7.99. The normalized spacial score (nSPS) is 10.5. The van der Waals surface area contributed by atoms with Crippen LogP contribution in [0.1, 0.15) is 10.6 Å². The average Bonchev–Trinajstić information content (AvgIpc) is 3.47. The van der Waals surface area contributed by atoms with Crippen LogP contribution in [0.4, 0.5) is 0 Å². The average molecular weight is 420 g/mol. The molecule has 0 unspecified atom stereocenters. The van der Waals surface area contributed by atoms with E-state index in [1.54, 1.807) is 18.5 Å². The molecule has 0 atom stereocenters. The van der Waals surface area contributed by atoms with Gasteiger partial charge in [-0.25, -0.2) is 0 Å². The van der Waals surface area contributed by atoms with E-state index in [4.69, 9.17) is 4.42 Å². The molecule has 0 radical (unpaired) electrons. The summed E-state index contributed by atoms with van der Waals surface area (Å²) in [6.07, 6.45) is 4.74. The number of carbonyl (C=O) groups is 2. The van der Waals surface area contributed by atoms with Crippen molar-refractivity contribution in [1.82, 2.24) is 30.6 Å². The Morgan fingerprint density at radius 2 is 1.77 bits per heavy atom. The van der Waals surface area contributed by atoms with E-state index in [1.807, 2.05) is 47.0 Å². The molecule has 0 saturated carbocycles. The van der Waals surface area contributed by atoms with Crippen LogP contribution in [-0.4, -0.2) is 37.3 Å². The monoisotopic (exact) mass is 420 g/mol. The summed E-state index contributed by atoms with van der Waals surface area (Å²) in [7, 11) is 0. The van der Waals surface area contributed by atoms with Gasteiger partial charge in [0.2, 0.25) is 5.91 Å². The van der Waals surface area contributed by atoms with E-state index >= 15 is 0 Å². The molecule has 4 rings (SSSR count). The van der Waals surface area contributed by atoms with E-state index in [-0.39, 0.29) is 11.5 Å². The third kappa shape index (κ3) is 4.39. The van der Waals surface area contributed by atoms with Crippen molar-refractivity contribution in [3.05, 3.63) is 79.0 Å². The molecule has 30 heavy (non-hydrogen) atoms. The van der Waals surface area contributed by atoms with E-state index in [0.29, 0.717) is 11.0 Å². The van der Waals surface area contributed by atoms with Gasteiger partial charge in [0.1, 0.15) is 0 Å². The molecule has 4 aromatic rings. The Kier molecular flexibility index (Phi) is 5.85. The molecule has 0 spiro atoms. The quantitative estimate of drug-likeness (QED) is 0.364. The zero-order valence-electron chi connectivity index (χ0n) is 15.6. The number of rotatable bonds is 6. The molecule has 0 aliphatic carbocycles. The van der Waals surface area contributed by atoms with E-state index in [9.17, 15) is 9.59 Å². The molecule has 2 N–H and O–H groups in total. The number of nitrogens with zero attached hydrogens (tertiary/aromatic N) is 4. The van der Waals surface area contributed by atoms with Crippen molar-refractivity contribution >= 4 is 23.6 Å². The van der Waals surface area contributed by atoms with Gasteiger partial charge in [-0.15, -0.1) is 10.2 Å². The topological polar surface area (TPSA) is 115 Å². The number of hydrazine groups is 1.